The van der Waals surface area contributed by atoms with E-state index in [0.29, 0.717) is 23.7 Å². The molecule has 4 heteroatoms. The predicted molar refractivity (Wildman–Crippen MR) is 124 cm³/mol. The van der Waals surface area contributed by atoms with Gasteiger partial charge < -0.3 is 9.47 Å². The van der Waals surface area contributed by atoms with Gasteiger partial charge in [-0.3, -0.25) is 9.59 Å². The van der Waals surface area contributed by atoms with Gasteiger partial charge in [0.25, 0.3) is 0 Å². The Morgan fingerprint density at radius 3 is 2.16 bits per heavy atom. The van der Waals surface area contributed by atoms with Crippen LogP contribution in [0.15, 0.2) is 42.5 Å². The fraction of sp³-hybridized carbons (Fsp3) is 0.571. The minimum atomic E-state index is -0.256. The lowest BCUT2D eigenvalue weighted by Gasteiger charge is -2.56. The Balaban J connectivity index is 1.24. The molecule has 32 heavy (non-hydrogen) atoms. The molecule has 4 saturated carbocycles. The zero-order chi connectivity index (χ0) is 22.4. The molecule has 4 nitrogen and oxygen atoms in total. The highest BCUT2D eigenvalue weighted by atomic mass is 16.5. The van der Waals surface area contributed by atoms with Crippen LogP contribution in [-0.2, 0) is 19.1 Å². The van der Waals surface area contributed by atoms with Gasteiger partial charge in [-0.25, -0.2) is 0 Å². The van der Waals surface area contributed by atoms with E-state index >= 15 is 0 Å². The Bertz CT molecular complexity index is 981. The van der Waals surface area contributed by atoms with E-state index in [0.717, 1.165) is 37.7 Å². The lowest BCUT2D eigenvalue weighted by molar-refractivity contribution is -0.191. The van der Waals surface area contributed by atoms with Gasteiger partial charge in [-0.15, -0.1) is 0 Å². The van der Waals surface area contributed by atoms with Crippen LogP contribution in [0.25, 0.3) is 10.8 Å². The molecule has 0 heterocycles. The van der Waals surface area contributed by atoms with Crippen molar-refractivity contribution in [1.29, 1.82) is 0 Å². The fourth-order valence-corrected chi connectivity index (χ4v) is 6.61. The Kier molecular flexibility index (Phi) is 5.73. The van der Waals surface area contributed by atoms with Gasteiger partial charge in [0.2, 0.25) is 0 Å². The van der Waals surface area contributed by atoms with Crippen LogP contribution in [-0.4, -0.2) is 18.0 Å². The average molecular weight is 435 g/mol. The summed E-state index contributed by atoms with van der Waals surface area (Å²) in [5, 5.41) is 2.36. The van der Waals surface area contributed by atoms with Crippen molar-refractivity contribution in [3.63, 3.8) is 0 Å². The normalized spacial score (nSPS) is 32.5. The number of hydrogen-bond donors (Lipinski definition) is 0. The quantitative estimate of drug-likeness (QED) is 0.517. The third kappa shape index (κ3) is 3.82. The molecule has 0 aromatic heterocycles. The average Bonchev–Trinajstić information content (AvgIpc) is 2.79. The first kappa shape index (κ1) is 21.5. The van der Waals surface area contributed by atoms with E-state index in [9.17, 15) is 9.59 Å². The number of fused-ring (bicyclic) bond motifs is 1. The summed E-state index contributed by atoms with van der Waals surface area (Å²) in [6.07, 6.45) is 4.54. The lowest BCUT2D eigenvalue weighted by Crippen LogP contribution is -2.56. The highest BCUT2D eigenvalue weighted by Gasteiger charge is 2.56. The van der Waals surface area contributed by atoms with E-state index in [2.05, 4.69) is 30.3 Å². The molecular formula is C28H34O4. The van der Waals surface area contributed by atoms with E-state index in [1.54, 1.807) is 0 Å². The molecule has 170 valence electrons. The number of rotatable bonds is 6. The molecule has 0 radical (unpaired) electrons. The Labute approximate surface area is 190 Å². The Morgan fingerprint density at radius 2 is 1.53 bits per heavy atom. The van der Waals surface area contributed by atoms with Crippen LogP contribution in [0.1, 0.15) is 64.5 Å². The third-order valence-electron chi connectivity index (χ3n) is 8.44. The SMILES string of the molecule is CCC(C)C(=O)OC1C2CC3CC1CC(C2)C3C(=O)OC(C)c1ccc2ccccc2c1. The molecule has 6 rings (SSSR count). The van der Waals surface area contributed by atoms with Gasteiger partial charge in [0, 0.05) is 0 Å². The summed E-state index contributed by atoms with van der Waals surface area (Å²) in [5.41, 5.74) is 1.04. The second-order valence-electron chi connectivity index (χ2n) is 10.4. The first-order valence-electron chi connectivity index (χ1n) is 12.3. The van der Waals surface area contributed by atoms with Crippen molar-refractivity contribution in [2.24, 2.45) is 35.5 Å². The van der Waals surface area contributed by atoms with Crippen LogP contribution in [0.3, 0.4) is 0 Å². The largest absolute Gasteiger partial charge is 0.462 e. The van der Waals surface area contributed by atoms with Gasteiger partial charge in [-0.05, 0) is 85.1 Å². The standard InChI is InChI=1S/C28H34O4/c1-4-16(2)27(29)32-26-23-12-21-13-24(26)15-22(14-23)25(21)28(30)31-17(3)19-10-9-18-7-5-6-8-20(18)11-19/h5-11,16-17,21-26H,4,12-15H2,1-3H3. The number of hydrogen-bond acceptors (Lipinski definition) is 4. The Morgan fingerprint density at radius 1 is 0.906 bits per heavy atom. The molecule has 4 fully saturated rings. The molecule has 4 bridgehead atoms. The second kappa shape index (κ2) is 8.53. The number of carbonyl (C=O) groups is 2. The molecule has 2 aromatic carbocycles. The van der Waals surface area contributed by atoms with Gasteiger partial charge >= 0.3 is 11.9 Å². The van der Waals surface area contributed by atoms with Crippen molar-refractivity contribution in [3.05, 3.63) is 48.0 Å². The van der Waals surface area contributed by atoms with E-state index in [-0.39, 0.29) is 36.0 Å². The number of carbonyl (C=O) groups excluding carboxylic acids is 2. The molecule has 2 aromatic rings. The first-order chi connectivity index (χ1) is 15.4. The van der Waals surface area contributed by atoms with Crippen molar-refractivity contribution in [1.82, 2.24) is 0 Å². The third-order valence-corrected chi connectivity index (χ3v) is 8.44. The molecule has 0 saturated heterocycles. The van der Waals surface area contributed by atoms with E-state index in [1.165, 1.54) is 10.8 Å². The molecule has 4 aliphatic carbocycles. The molecular weight excluding hydrogens is 400 g/mol. The summed E-state index contributed by atoms with van der Waals surface area (Å²) in [4.78, 5) is 25.6. The highest BCUT2D eigenvalue weighted by molar-refractivity contribution is 5.83. The molecule has 0 N–H and O–H groups in total. The number of benzene rings is 2. The van der Waals surface area contributed by atoms with E-state index < -0.39 is 0 Å². The van der Waals surface area contributed by atoms with Gasteiger partial charge in [-0.2, -0.15) is 0 Å². The maximum absolute atomic E-state index is 13.3. The number of ether oxygens (including phenoxy) is 2. The lowest BCUT2D eigenvalue weighted by atomic mass is 9.50. The summed E-state index contributed by atoms with van der Waals surface area (Å²) in [5.74, 6) is 1.43. The predicted octanol–water partition coefficient (Wildman–Crippen LogP) is 6.08. The van der Waals surface area contributed by atoms with Crippen LogP contribution in [0.5, 0.6) is 0 Å². The van der Waals surface area contributed by atoms with Crippen molar-refractivity contribution in [2.45, 2.75) is 65.1 Å². The van der Waals surface area contributed by atoms with Gasteiger partial charge in [0.1, 0.15) is 12.2 Å². The summed E-state index contributed by atoms with van der Waals surface area (Å²) in [6.45, 7) is 5.95. The highest BCUT2D eigenvalue weighted by Crippen LogP contribution is 2.58. The number of esters is 2. The van der Waals surface area contributed by atoms with E-state index in [4.69, 9.17) is 9.47 Å². The molecule has 0 spiro atoms. The molecule has 0 amide bonds. The second-order valence-corrected chi connectivity index (χ2v) is 10.4. The van der Waals surface area contributed by atoms with Gasteiger partial charge in [0.05, 0.1) is 11.8 Å². The first-order valence-corrected chi connectivity index (χ1v) is 12.3. The van der Waals surface area contributed by atoms with Crippen molar-refractivity contribution in [3.8, 4) is 0 Å². The zero-order valence-corrected chi connectivity index (χ0v) is 19.3. The van der Waals surface area contributed by atoms with Gasteiger partial charge in [-0.1, -0.05) is 50.2 Å². The van der Waals surface area contributed by atoms with E-state index in [1.807, 2.05) is 32.9 Å². The molecule has 2 atom stereocenters. The van der Waals surface area contributed by atoms with Crippen molar-refractivity contribution in [2.75, 3.05) is 0 Å². The van der Waals surface area contributed by atoms with Crippen LogP contribution >= 0.6 is 0 Å². The zero-order valence-electron chi connectivity index (χ0n) is 19.3. The maximum atomic E-state index is 13.3. The van der Waals surface area contributed by atoms with Gasteiger partial charge in [0.15, 0.2) is 0 Å². The Hall–Kier alpha value is -2.36. The monoisotopic (exact) mass is 434 g/mol. The summed E-state index contributed by atoms with van der Waals surface area (Å²) >= 11 is 0. The smallest absolute Gasteiger partial charge is 0.310 e. The molecule has 2 unspecified atom stereocenters. The topological polar surface area (TPSA) is 52.6 Å². The molecule has 4 aliphatic rings. The molecule has 0 aliphatic heterocycles. The van der Waals surface area contributed by atoms with Crippen molar-refractivity contribution < 1.29 is 19.1 Å². The summed E-state index contributed by atoms with van der Waals surface area (Å²) in [7, 11) is 0. The van der Waals surface area contributed by atoms with Crippen LogP contribution in [0, 0.1) is 35.5 Å². The summed E-state index contributed by atoms with van der Waals surface area (Å²) in [6, 6.07) is 14.5. The van der Waals surface area contributed by atoms with Crippen molar-refractivity contribution >= 4 is 22.7 Å². The van der Waals surface area contributed by atoms with Crippen LogP contribution in [0.2, 0.25) is 0 Å². The minimum Gasteiger partial charge on any atom is -0.462 e. The van der Waals surface area contributed by atoms with Crippen LogP contribution < -0.4 is 0 Å². The maximum Gasteiger partial charge on any atom is 0.310 e. The fourth-order valence-electron chi connectivity index (χ4n) is 6.61. The van der Waals surface area contributed by atoms with Crippen LogP contribution in [0.4, 0.5) is 0 Å². The minimum absolute atomic E-state index is 0.00313. The summed E-state index contributed by atoms with van der Waals surface area (Å²) < 4.78 is 12.0.